The zero-order valence-corrected chi connectivity index (χ0v) is 24.2. The third-order valence-electron chi connectivity index (χ3n) is 7.43. The number of amides is 3. The first-order chi connectivity index (χ1) is 20.5. The summed E-state index contributed by atoms with van der Waals surface area (Å²) in [5.41, 5.74) is 8.13. The molecular formula is C31H39N5O7. The molecule has 0 radical (unpaired) electrons. The fraction of sp³-hybridized carbons (Fsp3) is 0.387. The van der Waals surface area contributed by atoms with Crippen LogP contribution < -0.4 is 21.7 Å². The van der Waals surface area contributed by atoms with Crippen molar-refractivity contribution in [1.29, 1.82) is 0 Å². The minimum atomic E-state index is -1.28. The quantitative estimate of drug-likeness (QED) is 0.130. The van der Waals surface area contributed by atoms with E-state index in [0.29, 0.717) is 12.0 Å². The number of aromatic amines is 1. The molecule has 0 aliphatic rings. The molecule has 0 aliphatic carbocycles. The van der Waals surface area contributed by atoms with Crippen molar-refractivity contribution in [3.8, 4) is 0 Å². The number of para-hydroxylation sites is 1. The van der Waals surface area contributed by atoms with Crippen LogP contribution in [0.4, 0.5) is 0 Å². The molecule has 12 heteroatoms. The number of hydrogen-bond donors (Lipinski definition) is 7. The molecule has 8 N–H and O–H groups in total. The van der Waals surface area contributed by atoms with E-state index in [1.165, 1.54) is 0 Å². The van der Waals surface area contributed by atoms with Crippen molar-refractivity contribution in [3.05, 3.63) is 71.9 Å². The second-order valence-electron chi connectivity index (χ2n) is 10.6. The number of nitrogens with two attached hydrogens (primary N) is 1. The summed E-state index contributed by atoms with van der Waals surface area (Å²) in [4.78, 5) is 66.0. The molecule has 5 atom stereocenters. The van der Waals surface area contributed by atoms with Crippen molar-refractivity contribution in [2.24, 2.45) is 11.7 Å². The van der Waals surface area contributed by atoms with Crippen LogP contribution in [-0.4, -0.2) is 69.0 Å². The van der Waals surface area contributed by atoms with Crippen molar-refractivity contribution in [1.82, 2.24) is 20.9 Å². The molecule has 1 heterocycles. The molecule has 0 saturated carbocycles. The van der Waals surface area contributed by atoms with E-state index in [1.807, 2.05) is 31.2 Å². The number of rotatable bonds is 16. The van der Waals surface area contributed by atoms with Crippen LogP contribution in [0.2, 0.25) is 0 Å². The van der Waals surface area contributed by atoms with Gasteiger partial charge in [-0.3, -0.25) is 19.2 Å². The van der Waals surface area contributed by atoms with Gasteiger partial charge in [0.2, 0.25) is 17.7 Å². The van der Waals surface area contributed by atoms with Crippen LogP contribution in [0.25, 0.3) is 10.9 Å². The fourth-order valence-electron chi connectivity index (χ4n) is 4.69. The monoisotopic (exact) mass is 593 g/mol. The molecule has 3 rings (SSSR count). The second kappa shape index (κ2) is 15.5. The Kier molecular flexibility index (Phi) is 11.8. The number of carbonyl (C=O) groups excluding carboxylic acids is 3. The lowest BCUT2D eigenvalue weighted by Gasteiger charge is -2.28. The van der Waals surface area contributed by atoms with Gasteiger partial charge in [-0.2, -0.15) is 0 Å². The van der Waals surface area contributed by atoms with Gasteiger partial charge in [-0.15, -0.1) is 0 Å². The van der Waals surface area contributed by atoms with Gasteiger partial charge in [0, 0.05) is 36.4 Å². The molecule has 0 aliphatic heterocycles. The normalized spacial score (nSPS) is 14.6. The van der Waals surface area contributed by atoms with E-state index in [4.69, 9.17) is 10.8 Å². The van der Waals surface area contributed by atoms with Gasteiger partial charge in [0.15, 0.2) is 0 Å². The van der Waals surface area contributed by atoms with Crippen molar-refractivity contribution in [2.75, 3.05) is 0 Å². The summed E-state index contributed by atoms with van der Waals surface area (Å²) in [5.74, 6) is -4.72. The highest BCUT2D eigenvalue weighted by molar-refractivity contribution is 5.94. The van der Waals surface area contributed by atoms with Gasteiger partial charge in [-0.1, -0.05) is 68.8 Å². The lowest BCUT2D eigenvalue weighted by atomic mass is 9.96. The van der Waals surface area contributed by atoms with Crippen LogP contribution in [0.5, 0.6) is 0 Å². The summed E-state index contributed by atoms with van der Waals surface area (Å²) in [6.07, 6.45) is 1.87. The first-order valence-electron chi connectivity index (χ1n) is 14.2. The highest BCUT2D eigenvalue weighted by Gasteiger charge is 2.33. The molecular weight excluding hydrogens is 554 g/mol. The number of carbonyl (C=O) groups is 5. The van der Waals surface area contributed by atoms with Crippen LogP contribution in [0.3, 0.4) is 0 Å². The average molecular weight is 594 g/mol. The number of nitrogens with one attached hydrogen (secondary N) is 4. The molecule has 5 unspecified atom stereocenters. The third-order valence-corrected chi connectivity index (χ3v) is 7.43. The maximum absolute atomic E-state index is 13.6. The zero-order valence-electron chi connectivity index (χ0n) is 24.2. The number of hydrogen-bond acceptors (Lipinski definition) is 6. The SMILES string of the molecule is CCC(C)C(NC(=O)C(N)CCC(=O)O)C(=O)NC(Cc1ccccc1)C(=O)NC(Cc1c[nH]c2ccccc12)C(=O)O. The topological polar surface area (TPSA) is 204 Å². The number of aliphatic carboxylic acids is 2. The fourth-order valence-corrected chi connectivity index (χ4v) is 4.69. The Balaban J connectivity index is 1.80. The van der Waals surface area contributed by atoms with Gasteiger partial charge in [0.05, 0.1) is 6.04 Å². The Morgan fingerprint density at radius 2 is 1.49 bits per heavy atom. The predicted octanol–water partition coefficient (Wildman–Crippen LogP) is 1.73. The summed E-state index contributed by atoms with van der Waals surface area (Å²) in [6, 6.07) is 11.7. The molecule has 1 aromatic heterocycles. The molecule has 3 aromatic rings. The van der Waals surface area contributed by atoms with E-state index in [1.54, 1.807) is 43.5 Å². The van der Waals surface area contributed by atoms with Crippen molar-refractivity contribution >= 4 is 40.6 Å². The molecule has 3 amide bonds. The Hall–Kier alpha value is -4.71. The number of fused-ring (bicyclic) bond motifs is 1. The van der Waals surface area contributed by atoms with Crippen LogP contribution in [-0.2, 0) is 36.8 Å². The molecule has 0 fully saturated rings. The Labute approximate surface area is 249 Å². The average Bonchev–Trinajstić information content (AvgIpc) is 3.40. The van der Waals surface area contributed by atoms with Gasteiger partial charge in [-0.25, -0.2) is 4.79 Å². The standard InChI is InChI=1S/C31H39N5O7/c1-3-18(2)27(36-28(39)22(32)13-14-26(37)38)30(41)34-24(15-19-9-5-4-6-10-19)29(40)35-25(31(42)43)16-20-17-33-23-12-8-7-11-21(20)23/h4-12,17-18,22,24-25,27,33H,3,13-16,32H2,1-2H3,(H,34,41)(H,35,40)(H,36,39)(H,37,38)(H,42,43). The molecule has 0 spiro atoms. The highest BCUT2D eigenvalue weighted by Crippen LogP contribution is 2.19. The molecule has 43 heavy (non-hydrogen) atoms. The van der Waals surface area contributed by atoms with Gasteiger partial charge in [0.1, 0.15) is 18.1 Å². The summed E-state index contributed by atoms with van der Waals surface area (Å²) >= 11 is 0. The molecule has 12 nitrogen and oxygen atoms in total. The van der Waals surface area contributed by atoms with E-state index >= 15 is 0 Å². The zero-order chi connectivity index (χ0) is 31.5. The maximum atomic E-state index is 13.6. The maximum Gasteiger partial charge on any atom is 0.326 e. The van der Waals surface area contributed by atoms with Crippen LogP contribution in [0.15, 0.2) is 60.8 Å². The molecule has 230 valence electrons. The number of carboxylic acid groups (broad SMARTS) is 2. The van der Waals surface area contributed by atoms with Gasteiger partial charge >= 0.3 is 11.9 Å². The van der Waals surface area contributed by atoms with Crippen molar-refractivity contribution in [3.63, 3.8) is 0 Å². The van der Waals surface area contributed by atoms with E-state index in [-0.39, 0.29) is 31.6 Å². The number of H-pyrrole nitrogens is 1. The minimum Gasteiger partial charge on any atom is -0.481 e. The first-order valence-corrected chi connectivity index (χ1v) is 14.2. The number of benzene rings is 2. The highest BCUT2D eigenvalue weighted by atomic mass is 16.4. The number of aromatic nitrogens is 1. The smallest absolute Gasteiger partial charge is 0.326 e. The predicted molar refractivity (Wildman–Crippen MR) is 160 cm³/mol. The lowest BCUT2D eigenvalue weighted by Crippen LogP contribution is -2.59. The second-order valence-corrected chi connectivity index (χ2v) is 10.6. The summed E-state index contributed by atoms with van der Waals surface area (Å²) in [6.45, 7) is 3.58. The van der Waals surface area contributed by atoms with E-state index in [0.717, 1.165) is 16.5 Å². The number of carboxylic acids is 2. The van der Waals surface area contributed by atoms with Crippen LogP contribution in [0.1, 0.15) is 44.2 Å². The molecule has 0 saturated heterocycles. The third kappa shape index (κ3) is 9.40. The van der Waals surface area contributed by atoms with E-state index in [2.05, 4.69) is 20.9 Å². The lowest BCUT2D eigenvalue weighted by molar-refractivity contribution is -0.142. The summed E-state index contributed by atoms with van der Waals surface area (Å²) in [5, 5.41) is 27.6. The molecule has 0 bridgehead atoms. The van der Waals surface area contributed by atoms with Gasteiger partial charge < -0.3 is 36.9 Å². The van der Waals surface area contributed by atoms with Gasteiger partial charge in [0.25, 0.3) is 0 Å². The minimum absolute atomic E-state index is 0.0108. The van der Waals surface area contributed by atoms with E-state index < -0.39 is 53.8 Å². The van der Waals surface area contributed by atoms with Crippen LogP contribution in [0, 0.1) is 5.92 Å². The Bertz CT molecular complexity index is 1420. The van der Waals surface area contributed by atoms with Crippen molar-refractivity contribution in [2.45, 2.75) is 70.1 Å². The summed E-state index contributed by atoms with van der Waals surface area (Å²) in [7, 11) is 0. The first kappa shape index (κ1) is 32.8. The Morgan fingerprint density at radius 1 is 0.837 bits per heavy atom. The molecule has 2 aromatic carbocycles. The van der Waals surface area contributed by atoms with Gasteiger partial charge in [-0.05, 0) is 29.5 Å². The summed E-state index contributed by atoms with van der Waals surface area (Å²) < 4.78 is 0. The largest absolute Gasteiger partial charge is 0.481 e. The Morgan fingerprint density at radius 3 is 2.14 bits per heavy atom. The van der Waals surface area contributed by atoms with Crippen LogP contribution >= 0.6 is 0 Å². The van der Waals surface area contributed by atoms with Crippen molar-refractivity contribution < 1.29 is 34.2 Å². The van der Waals surface area contributed by atoms with E-state index in [9.17, 15) is 29.1 Å².